The largest absolute Gasteiger partial charge is 0.350 e. The molecule has 1 N–H and O–H groups in total. The van der Waals surface area contributed by atoms with Crippen molar-refractivity contribution in [3.63, 3.8) is 0 Å². The number of amides is 1. The van der Waals surface area contributed by atoms with E-state index >= 15 is 0 Å². The van der Waals surface area contributed by atoms with Crippen molar-refractivity contribution in [3.05, 3.63) is 65.5 Å². The summed E-state index contributed by atoms with van der Waals surface area (Å²) >= 11 is 0. The van der Waals surface area contributed by atoms with Crippen molar-refractivity contribution in [2.45, 2.75) is 51.1 Å². The van der Waals surface area contributed by atoms with E-state index in [4.69, 9.17) is 0 Å². The van der Waals surface area contributed by atoms with Crippen molar-refractivity contribution in [2.24, 2.45) is 0 Å². The average molecular weight is 469 g/mol. The van der Waals surface area contributed by atoms with Gasteiger partial charge in [0, 0.05) is 19.3 Å². The molecule has 1 saturated heterocycles. The average Bonchev–Trinajstić information content (AvgIpc) is 2.93. The number of para-hydroxylation sites is 2. The minimum atomic E-state index is -3.27. The first kappa shape index (κ1) is 23.4. The number of hydrogen-bond acceptors (Lipinski definition) is 5. The van der Waals surface area contributed by atoms with Crippen LogP contribution in [-0.2, 0) is 40.0 Å². The Balaban J connectivity index is 1.36. The van der Waals surface area contributed by atoms with Crippen molar-refractivity contribution in [2.75, 3.05) is 19.3 Å². The normalized spacial score (nSPS) is 15.4. The number of hydrogen-bond donors (Lipinski definition) is 1. The van der Waals surface area contributed by atoms with Crippen LogP contribution in [0.25, 0.3) is 11.0 Å². The number of fused-ring (bicyclic) bond motifs is 1. The number of nitrogens with one attached hydrogen (secondary N) is 1. The molecule has 2 aromatic carbocycles. The molecule has 1 aliphatic rings. The predicted molar refractivity (Wildman–Crippen MR) is 130 cm³/mol. The molecule has 8 heteroatoms. The lowest BCUT2D eigenvalue weighted by molar-refractivity contribution is -0.121. The standard InChI is InChI=1S/C25H32N4O3S/c1-33(31,32)19-24-27-22-8-4-5-9-23(22)29(24)18-25(30)26-16-20-10-12-21(13-11-20)17-28-14-6-2-3-7-15-28/h4-5,8-13H,2-3,6-7,14-19H2,1H3,(H,26,30). The van der Waals surface area contributed by atoms with E-state index in [0.29, 0.717) is 17.9 Å². The van der Waals surface area contributed by atoms with Crippen LogP contribution in [-0.4, -0.2) is 48.1 Å². The van der Waals surface area contributed by atoms with Gasteiger partial charge in [0.1, 0.15) is 18.1 Å². The first-order chi connectivity index (χ1) is 15.9. The van der Waals surface area contributed by atoms with Gasteiger partial charge >= 0.3 is 0 Å². The number of carbonyl (C=O) groups excluding carboxylic acids is 1. The van der Waals surface area contributed by atoms with Crippen LogP contribution in [0.5, 0.6) is 0 Å². The Bertz CT molecular complexity index is 1190. The highest BCUT2D eigenvalue weighted by molar-refractivity contribution is 7.89. The van der Waals surface area contributed by atoms with Crippen LogP contribution in [0.1, 0.15) is 42.6 Å². The van der Waals surface area contributed by atoms with Crippen LogP contribution >= 0.6 is 0 Å². The van der Waals surface area contributed by atoms with Gasteiger partial charge in [-0.25, -0.2) is 13.4 Å². The SMILES string of the molecule is CS(=O)(=O)Cc1nc2ccccc2n1CC(=O)NCc1ccc(CN2CCCCCC2)cc1. The van der Waals surface area contributed by atoms with E-state index in [1.54, 1.807) is 4.57 Å². The maximum absolute atomic E-state index is 12.7. The van der Waals surface area contributed by atoms with Gasteiger partial charge in [0.25, 0.3) is 0 Å². The molecule has 0 unspecified atom stereocenters. The molecule has 0 saturated carbocycles. The predicted octanol–water partition coefficient (Wildman–Crippen LogP) is 3.27. The fourth-order valence-corrected chi connectivity index (χ4v) is 5.05. The minimum Gasteiger partial charge on any atom is -0.350 e. The van der Waals surface area contributed by atoms with Gasteiger partial charge in [0.15, 0.2) is 9.84 Å². The Morgan fingerprint density at radius 3 is 2.33 bits per heavy atom. The quantitative estimate of drug-likeness (QED) is 0.549. The van der Waals surface area contributed by atoms with Gasteiger partial charge in [-0.1, -0.05) is 49.2 Å². The second-order valence-corrected chi connectivity index (χ2v) is 11.1. The van der Waals surface area contributed by atoms with E-state index in [1.165, 1.54) is 50.6 Å². The lowest BCUT2D eigenvalue weighted by Gasteiger charge is -2.19. The molecule has 1 fully saturated rings. The molecule has 0 atom stereocenters. The van der Waals surface area contributed by atoms with E-state index in [-0.39, 0.29) is 18.2 Å². The fraction of sp³-hybridized carbons (Fsp3) is 0.440. The molecular weight excluding hydrogens is 436 g/mol. The molecule has 1 aromatic heterocycles. The zero-order chi connectivity index (χ0) is 23.3. The summed E-state index contributed by atoms with van der Waals surface area (Å²) in [5, 5.41) is 2.95. The molecule has 1 aliphatic heterocycles. The van der Waals surface area contributed by atoms with Crippen LogP contribution in [0.4, 0.5) is 0 Å². The number of nitrogens with zero attached hydrogens (tertiary/aromatic N) is 3. The van der Waals surface area contributed by atoms with Crippen LogP contribution in [0.2, 0.25) is 0 Å². The van der Waals surface area contributed by atoms with Gasteiger partial charge in [0.05, 0.1) is 11.0 Å². The first-order valence-electron chi connectivity index (χ1n) is 11.6. The highest BCUT2D eigenvalue weighted by atomic mass is 32.2. The summed E-state index contributed by atoms with van der Waals surface area (Å²) in [7, 11) is -3.27. The zero-order valence-electron chi connectivity index (χ0n) is 19.2. The van der Waals surface area contributed by atoms with E-state index in [0.717, 1.165) is 17.6 Å². The van der Waals surface area contributed by atoms with Crippen molar-refractivity contribution < 1.29 is 13.2 Å². The minimum absolute atomic E-state index is 0.0262. The summed E-state index contributed by atoms with van der Waals surface area (Å²) in [5.74, 6) is 0.00114. The molecule has 0 aliphatic carbocycles. The molecule has 0 bridgehead atoms. The van der Waals surface area contributed by atoms with Gasteiger partial charge in [-0.05, 0) is 49.2 Å². The molecular formula is C25H32N4O3S. The second kappa shape index (κ2) is 10.5. The molecule has 176 valence electrons. The topological polar surface area (TPSA) is 84.3 Å². The number of likely N-dealkylation sites (tertiary alicyclic amines) is 1. The number of carbonyl (C=O) groups is 1. The van der Waals surface area contributed by atoms with E-state index < -0.39 is 9.84 Å². The first-order valence-corrected chi connectivity index (χ1v) is 13.6. The number of rotatable bonds is 8. The molecule has 0 spiro atoms. The smallest absolute Gasteiger partial charge is 0.240 e. The van der Waals surface area contributed by atoms with Gasteiger partial charge in [-0.15, -0.1) is 0 Å². The fourth-order valence-electron chi connectivity index (χ4n) is 4.36. The summed E-state index contributed by atoms with van der Waals surface area (Å²) in [6, 6.07) is 15.8. The third-order valence-electron chi connectivity index (χ3n) is 6.04. The molecule has 7 nitrogen and oxygen atoms in total. The second-order valence-electron chi connectivity index (χ2n) is 8.96. The van der Waals surface area contributed by atoms with Crippen molar-refractivity contribution in [3.8, 4) is 0 Å². The highest BCUT2D eigenvalue weighted by Crippen LogP contribution is 2.18. The Morgan fingerprint density at radius 2 is 1.64 bits per heavy atom. The number of sulfone groups is 1. The Morgan fingerprint density at radius 1 is 0.970 bits per heavy atom. The van der Waals surface area contributed by atoms with Gasteiger partial charge in [0.2, 0.25) is 5.91 Å². The van der Waals surface area contributed by atoms with Crippen LogP contribution < -0.4 is 5.32 Å². The van der Waals surface area contributed by atoms with Crippen LogP contribution in [0.15, 0.2) is 48.5 Å². The Hall–Kier alpha value is -2.71. The van der Waals surface area contributed by atoms with Crippen molar-refractivity contribution in [1.82, 2.24) is 19.8 Å². The lowest BCUT2D eigenvalue weighted by atomic mass is 10.1. The Labute approximate surface area is 195 Å². The van der Waals surface area contributed by atoms with Gasteiger partial charge in [-0.2, -0.15) is 0 Å². The van der Waals surface area contributed by atoms with Crippen LogP contribution in [0, 0.1) is 0 Å². The maximum atomic E-state index is 12.7. The zero-order valence-corrected chi connectivity index (χ0v) is 20.0. The molecule has 3 aromatic rings. The summed E-state index contributed by atoms with van der Waals surface area (Å²) < 4.78 is 25.4. The van der Waals surface area contributed by atoms with Crippen LogP contribution in [0.3, 0.4) is 0 Å². The summed E-state index contributed by atoms with van der Waals surface area (Å²) in [6.45, 7) is 3.77. The van der Waals surface area contributed by atoms with E-state index in [2.05, 4.69) is 39.5 Å². The van der Waals surface area contributed by atoms with Gasteiger partial charge < -0.3 is 9.88 Å². The molecule has 4 rings (SSSR count). The highest BCUT2D eigenvalue weighted by Gasteiger charge is 2.17. The van der Waals surface area contributed by atoms with E-state index in [9.17, 15) is 13.2 Å². The Kier molecular flexibility index (Phi) is 7.45. The lowest BCUT2D eigenvalue weighted by Crippen LogP contribution is -2.28. The third-order valence-corrected chi connectivity index (χ3v) is 6.83. The van der Waals surface area contributed by atoms with Gasteiger partial charge in [-0.3, -0.25) is 9.69 Å². The molecule has 1 amide bonds. The summed E-state index contributed by atoms with van der Waals surface area (Å²) in [6.07, 6.45) is 6.40. The molecule has 0 radical (unpaired) electrons. The molecule has 2 heterocycles. The third kappa shape index (κ3) is 6.65. The van der Waals surface area contributed by atoms with Crippen molar-refractivity contribution in [1.29, 1.82) is 0 Å². The summed E-state index contributed by atoms with van der Waals surface area (Å²) in [5.41, 5.74) is 3.77. The van der Waals surface area contributed by atoms with E-state index in [1.807, 2.05) is 24.3 Å². The van der Waals surface area contributed by atoms with Crippen molar-refractivity contribution >= 4 is 26.8 Å². The summed E-state index contributed by atoms with van der Waals surface area (Å²) in [4.78, 5) is 19.6. The molecule has 33 heavy (non-hydrogen) atoms. The number of aromatic nitrogens is 2. The number of imidazole rings is 1. The number of benzene rings is 2. The monoisotopic (exact) mass is 468 g/mol. The maximum Gasteiger partial charge on any atom is 0.240 e.